The fourth-order valence-electron chi connectivity index (χ4n) is 0.625. The molecule has 0 heterocycles. The average Bonchev–Trinajstić information content (AvgIpc) is 1.55. The number of hydrogen-bond donors (Lipinski definition) is 0. The molecule has 0 aliphatic heterocycles. The number of hydrogen-bond acceptors (Lipinski definition) is 0. The minimum atomic E-state index is -0.947. The molecule has 0 aliphatic carbocycles. The fourth-order valence-corrected chi connectivity index (χ4v) is 2.17. The number of allylic oxidation sites excluding steroid dienone is 1. The summed E-state index contributed by atoms with van der Waals surface area (Å²) < 4.78 is 0. The van der Waals surface area contributed by atoms with E-state index in [1.54, 1.807) is 0 Å². The van der Waals surface area contributed by atoms with Gasteiger partial charge in [0.05, 0.1) is 0 Å². The van der Waals surface area contributed by atoms with Gasteiger partial charge in [0.2, 0.25) is 0 Å². The standard InChI is InChI=1S/C9H21Si2/c1-10(2,3)8-7-9-11(4,5)6/h7-9H,1-6H3/q-1/b8-7+. The van der Waals surface area contributed by atoms with Gasteiger partial charge in [-0.3, -0.25) is 0 Å². The van der Waals surface area contributed by atoms with Crippen LogP contribution in [0.1, 0.15) is 0 Å². The minimum Gasteiger partial charge on any atom is -0.235 e. The van der Waals surface area contributed by atoms with Crippen LogP contribution in [0.4, 0.5) is 0 Å². The molecule has 0 aromatic heterocycles. The molecular weight excluding hydrogens is 164 g/mol. The summed E-state index contributed by atoms with van der Waals surface area (Å²) in [4.78, 5) is 0. The SMILES string of the molecule is C[Si](C)(C)/C=C/[CH-][Si](C)(C)C. The van der Waals surface area contributed by atoms with Crippen molar-refractivity contribution in [2.75, 3.05) is 0 Å². The highest BCUT2D eigenvalue weighted by atomic mass is 28.3. The molecule has 0 N–H and O–H groups in total. The molecule has 0 unspecified atom stereocenters. The van der Waals surface area contributed by atoms with Gasteiger partial charge in [0.1, 0.15) is 0 Å². The zero-order valence-corrected chi connectivity index (χ0v) is 10.7. The van der Waals surface area contributed by atoms with E-state index in [1.165, 1.54) is 0 Å². The predicted molar refractivity (Wildman–Crippen MR) is 60.1 cm³/mol. The Hall–Kier alpha value is 0.0438. The Morgan fingerprint density at radius 3 is 1.64 bits per heavy atom. The Kier molecular flexibility index (Phi) is 3.64. The summed E-state index contributed by atoms with van der Waals surface area (Å²) in [7, 11) is -1.89. The first-order valence-corrected chi connectivity index (χ1v) is 11.4. The monoisotopic (exact) mass is 185 g/mol. The summed E-state index contributed by atoms with van der Waals surface area (Å²) in [6.07, 6.45) is 2.29. The summed E-state index contributed by atoms with van der Waals surface area (Å²) in [5, 5.41) is 0. The Balaban J connectivity index is 3.80. The molecule has 0 nitrogen and oxygen atoms in total. The third-order valence-electron chi connectivity index (χ3n) is 1.19. The van der Waals surface area contributed by atoms with Gasteiger partial charge in [0.15, 0.2) is 0 Å². The van der Waals surface area contributed by atoms with Gasteiger partial charge in [-0.05, 0) is 16.1 Å². The zero-order chi connectivity index (χ0) is 9.12. The molecule has 0 spiro atoms. The molecule has 2 heteroatoms. The minimum absolute atomic E-state index is 0.947. The zero-order valence-electron chi connectivity index (χ0n) is 8.73. The first kappa shape index (κ1) is 11.0. The van der Waals surface area contributed by atoms with Gasteiger partial charge >= 0.3 is 0 Å². The van der Waals surface area contributed by atoms with Crippen molar-refractivity contribution in [3.63, 3.8) is 0 Å². The quantitative estimate of drug-likeness (QED) is 0.466. The number of rotatable bonds is 3. The molecule has 0 saturated carbocycles. The highest BCUT2D eigenvalue weighted by Gasteiger charge is 2.04. The lowest BCUT2D eigenvalue weighted by molar-refractivity contribution is 1.66. The Labute approximate surface area is 73.7 Å². The Morgan fingerprint density at radius 1 is 0.909 bits per heavy atom. The molecule has 0 aliphatic rings. The molecule has 0 atom stereocenters. The maximum atomic E-state index is 2.41. The van der Waals surface area contributed by atoms with Gasteiger partial charge in [-0.2, -0.15) is 0 Å². The molecule has 11 heavy (non-hydrogen) atoms. The molecule has 0 aromatic carbocycles. The second-order valence-electron chi connectivity index (χ2n) is 5.26. The lowest BCUT2D eigenvalue weighted by Crippen LogP contribution is -2.21. The molecular formula is C9H21Si2-. The van der Waals surface area contributed by atoms with Crippen LogP contribution < -0.4 is 0 Å². The van der Waals surface area contributed by atoms with Crippen LogP contribution in [-0.2, 0) is 0 Å². The lowest BCUT2D eigenvalue weighted by Gasteiger charge is -2.22. The van der Waals surface area contributed by atoms with Crippen LogP contribution in [0.3, 0.4) is 0 Å². The van der Waals surface area contributed by atoms with Crippen LogP contribution in [-0.4, -0.2) is 16.1 Å². The first-order valence-electron chi connectivity index (χ1n) is 4.24. The highest BCUT2D eigenvalue weighted by Crippen LogP contribution is 2.08. The topological polar surface area (TPSA) is 0 Å². The molecule has 0 saturated heterocycles. The van der Waals surface area contributed by atoms with Crippen molar-refractivity contribution < 1.29 is 0 Å². The van der Waals surface area contributed by atoms with Gasteiger partial charge in [0, 0.05) is 0 Å². The third kappa shape index (κ3) is 10.0. The molecule has 0 rings (SSSR count). The van der Waals surface area contributed by atoms with Crippen LogP contribution in [0, 0.1) is 6.04 Å². The van der Waals surface area contributed by atoms with E-state index in [0.29, 0.717) is 0 Å². The van der Waals surface area contributed by atoms with Crippen molar-refractivity contribution in [1.82, 2.24) is 0 Å². The summed E-state index contributed by atoms with van der Waals surface area (Å²) in [6.45, 7) is 14.2. The van der Waals surface area contributed by atoms with Gasteiger partial charge in [-0.1, -0.05) is 39.3 Å². The van der Waals surface area contributed by atoms with Gasteiger partial charge in [-0.15, -0.1) is 0 Å². The maximum absolute atomic E-state index is 2.41. The Bertz CT molecular complexity index is 135. The van der Waals surface area contributed by atoms with E-state index in [9.17, 15) is 0 Å². The van der Waals surface area contributed by atoms with Gasteiger partial charge in [-0.25, -0.2) is 17.8 Å². The summed E-state index contributed by atoms with van der Waals surface area (Å²) in [6, 6.07) is 2.41. The second kappa shape index (κ2) is 3.63. The van der Waals surface area contributed by atoms with Crippen molar-refractivity contribution in [1.29, 1.82) is 0 Å². The molecule has 0 fully saturated rings. The van der Waals surface area contributed by atoms with Crippen molar-refractivity contribution in [2.45, 2.75) is 39.3 Å². The molecule has 66 valence electrons. The van der Waals surface area contributed by atoms with Gasteiger partial charge in [0.25, 0.3) is 0 Å². The fraction of sp³-hybridized carbons (Fsp3) is 0.667. The maximum Gasteiger partial charge on any atom is -0.0175 e. The van der Waals surface area contributed by atoms with Crippen molar-refractivity contribution in [3.8, 4) is 0 Å². The lowest BCUT2D eigenvalue weighted by atomic mass is 10.8. The van der Waals surface area contributed by atoms with Crippen LogP contribution in [0.5, 0.6) is 0 Å². The Morgan fingerprint density at radius 2 is 1.36 bits per heavy atom. The van der Waals surface area contributed by atoms with Crippen LogP contribution in [0.2, 0.25) is 39.3 Å². The van der Waals surface area contributed by atoms with E-state index < -0.39 is 16.1 Å². The smallest absolute Gasteiger partial charge is 0.0175 e. The third-order valence-corrected chi connectivity index (χ3v) is 3.58. The van der Waals surface area contributed by atoms with E-state index in [1.807, 2.05) is 0 Å². The van der Waals surface area contributed by atoms with E-state index in [4.69, 9.17) is 0 Å². The first-order chi connectivity index (χ1) is 4.71. The molecule has 0 aromatic rings. The van der Waals surface area contributed by atoms with Crippen molar-refractivity contribution in [2.24, 2.45) is 0 Å². The normalized spacial score (nSPS) is 14.0. The van der Waals surface area contributed by atoms with E-state index in [0.717, 1.165) is 0 Å². The summed E-state index contributed by atoms with van der Waals surface area (Å²) >= 11 is 0. The second-order valence-corrected chi connectivity index (χ2v) is 15.4. The van der Waals surface area contributed by atoms with Gasteiger partial charge < -0.3 is 0 Å². The average molecular weight is 185 g/mol. The van der Waals surface area contributed by atoms with Crippen LogP contribution >= 0.6 is 0 Å². The van der Waals surface area contributed by atoms with E-state index >= 15 is 0 Å². The molecule has 0 bridgehead atoms. The highest BCUT2D eigenvalue weighted by molar-refractivity contribution is 6.82. The predicted octanol–water partition coefficient (Wildman–Crippen LogP) is 3.50. The molecule has 0 amide bonds. The van der Waals surface area contributed by atoms with E-state index in [2.05, 4.69) is 57.1 Å². The summed E-state index contributed by atoms with van der Waals surface area (Å²) in [5.74, 6) is 0. The van der Waals surface area contributed by atoms with Crippen LogP contribution in [0.25, 0.3) is 0 Å². The van der Waals surface area contributed by atoms with E-state index in [-0.39, 0.29) is 0 Å². The van der Waals surface area contributed by atoms with Crippen LogP contribution in [0.15, 0.2) is 11.8 Å². The summed E-state index contributed by atoms with van der Waals surface area (Å²) in [5.41, 5.74) is 2.41. The van der Waals surface area contributed by atoms with Crippen molar-refractivity contribution >= 4 is 16.1 Å². The molecule has 0 radical (unpaired) electrons. The largest absolute Gasteiger partial charge is 0.235 e. The van der Waals surface area contributed by atoms with Crippen molar-refractivity contribution in [3.05, 3.63) is 17.8 Å².